The molecule has 0 bridgehead atoms. The van der Waals surface area contributed by atoms with Crippen molar-refractivity contribution in [3.05, 3.63) is 70.5 Å². The van der Waals surface area contributed by atoms with E-state index in [2.05, 4.69) is 34.7 Å². The molecule has 0 aliphatic heterocycles. The van der Waals surface area contributed by atoms with E-state index < -0.39 is 0 Å². The van der Waals surface area contributed by atoms with Crippen molar-refractivity contribution in [3.63, 3.8) is 0 Å². The van der Waals surface area contributed by atoms with Gasteiger partial charge in [0, 0.05) is 12.7 Å². The maximum Gasteiger partial charge on any atom is 0.253 e. The molecule has 3 aromatic rings. The van der Waals surface area contributed by atoms with E-state index in [9.17, 15) is 9.59 Å². The average molecular weight is 486 g/mol. The lowest BCUT2D eigenvalue weighted by Gasteiger charge is -2.20. The van der Waals surface area contributed by atoms with Crippen molar-refractivity contribution in [1.29, 1.82) is 0 Å². The first-order valence-corrected chi connectivity index (χ1v) is 12.1. The number of aryl methyl sites for hydroxylation is 1. The number of para-hydroxylation sites is 1. The van der Waals surface area contributed by atoms with Gasteiger partial charge >= 0.3 is 0 Å². The van der Waals surface area contributed by atoms with Crippen LogP contribution in [0.2, 0.25) is 5.02 Å². The Balaban J connectivity index is 1.70. The van der Waals surface area contributed by atoms with Crippen molar-refractivity contribution < 1.29 is 9.59 Å². The molecule has 0 aliphatic rings. The van der Waals surface area contributed by atoms with E-state index in [1.165, 1.54) is 11.8 Å². The fraction of sp³-hybridized carbons (Fsp3) is 0.333. The molecule has 3 rings (SSSR count). The zero-order valence-electron chi connectivity index (χ0n) is 19.1. The van der Waals surface area contributed by atoms with E-state index in [4.69, 9.17) is 11.6 Å². The molecule has 0 unspecified atom stereocenters. The molecule has 174 valence electrons. The Morgan fingerprint density at radius 1 is 1.09 bits per heavy atom. The summed E-state index contributed by atoms with van der Waals surface area (Å²) in [5, 5.41) is 15.5. The summed E-state index contributed by atoms with van der Waals surface area (Å²) in [4.78, 5) is 25.3. The van der Waals surface area contributed by atoms with Crippen molar-refractivity contribution in [2.45, 2.75) is 38.4 Å². The minimum atomic E-state index is -0.346. The van der Waals surface area contributed by atoms with Crippen LogP contribution in [-0.4, -0.2) is 32.3 Å². The topological polar surface area (TPSA) is 88.9 Å². The third kappa shape index (κ3) is 6.58. The highest BCUT2D eigenvalue weighted by molar-refractivity contribution is 7.99. The summed E-state index contributed by atoms with van der Waals surface area (Å²) < 4.78 is 1.83. The molecule has 0 saturated heterocycles. The molecule has 1 atom stereocenters. The van der Waals surface area contributed by atoms with Gasteiger partial charge in [0.25, 0.3) is 5.91 Å². The Kier molecular flexibility index (Phi) is 8.52. The predicted octanol–water partition coefficient (Wildman–Crippen LogP) is 5.02. The highest BCUT2D eigenvalue weighted by Gasteiger charge is 2.24. The first kappa shape index (κ1) is 24.8. The molecule has 0 spiro atoms. The summed E-state index contributed by atoms with van der Waals surface area (Å²) in [6, 6.07) is 14.2. The van der Waals surface area contributed by atoms with Crippen molar-refractivity contribution in [3.8, 4) is 0 Å². The van der Waals surface area contributed by atoms with Crippen molar-refractivity contribution >= 4 is 40.9 Å². The lowest BCUT2D eigenvalue weighted by atomic mass is 10.0. The molecule has 0 fully saturated rings. The van der Waals surface area contributed by atoms with Gasteiger partial charge in [-0.3, -0.25) is 9.59 Å². The number of nitrogens with one attached hydrogen (secondary N) is 2. The van der Waals surface area contributed by atoms with Crippen LogP contribution < -0.4 is 10.6 Å². The molecule has 1 heterocycles. The zero-order chi connectivity index (χ0) is 24.0. The lowest BCUT2D eigenvalue weighted by molar-refractivity contribution is -0.113. The number of nitrogens with zero attached hydrogens (tertiary/aromatic N) is 3. The van der Waals surface area contributed by atoms with Crippen molar-refractivity contribution in [2.75, 3.05) is 11.1 Å². The smallest absolute Gasteiger partial charge is 0.253 e. The van der Waals surface area contributed by atoms with Crippen LogP contribution in [0, 0.1) is 12.8 Å². The first-order valence-electron chi connectivity index (χ1n) is 10.7. The van der Waals surface area contributed by atoms with Gasteiger partial charge in [-0.1, -0.05) is 67.5 Å². The number of hydrogen-bond acceptors (Lipinski definition) is 5. The second kappa shape index (κ2) is 11.3. The number of hydrogen-bond donors (Lipinski definition) is 2. The number of carbonyl (C=O) groups excluding carboxylic acids is 2. The Hall–Kier alpha value is -2.84. The Morgan fingerprint density at radius 3 is 2.48 bits per heavy atom. The van der Waals surface area contributed by atoms with Gasteiger partial charge in [-0.2, -0.15) is 0 Å². The second-order valence-electron chi connectivity index (χ2n) is 8.19. The van der Waals surface area contributed by atoms with Gasteiger partial charge in [0.05, 0.1) is 22.4 Å². The normalized spacial score (nSPS) is 11.9. The van der Waals surface area contributed by atoms with E-state index in [1.54, 1.807) is 24.3 Å². The van der Waals surface area contributed by atoms with Gasteiger partial charge in [-0.25, -0.2) is 0 Å². The molecule has 2 amide bonds. The molecule has 2 aromatic carbocycles. The predicted molar refractivity (Wildman–Crippen MR) is 133 cm³/mol. The number of anilines is 1. The van der Waals surface area contributed by atoms with Crippen LogP contribution in [0.5, 0.6) is 0 Å². The molecular formula is C24H28ClN5O2S. The Morgan fingerprint density at radius 2 is 1.79 bits per heavy atom. The van der Waals surface area contributed by atoms with Crippen LogP contribution in [0.15, 0.2) is 53.7 Å². The Labute approximate surface area is 203 Å². The minimum Gasteiger partial charge on any atom is -0.342 e. The lowest BCUT2D eigenvalue weighted by Crippen LogP contribution is -2.31. The number of thioether (sulfide) groups is 1. The molecule has 2 N–H and O–H groups in total. The van der Waals surface area contributed by atoms with Crippen LogP contribution in [-0.2, 0) is 11.8 Å². The number of aromatic nitrogens is 3. The molecule has 0 aliphatic carbocycles. The van der Waals surface area contributed by atoms with Crippen LogP contribution >= 0.6 is 23.4 Å². The average Bonchev–Trinajstić information content (AvgIpc) is 3.13. The summed E-state index contributed by atoms with van der Waals surface area (Å²) in [5.74, 6) is 0.757. The van der Waals surface area contributed by atoms with Gasteiger partial charge in [-0.15, -0.1) is 10.2 Å². The van der Waals surface area contributed by atoms with Gasteiger partial charge < -0.3 is 15.2 Å². The van der Waals surface area contributed by atoms with Crippen LogP contribution in [0.3, 0.4) is 0 Å². The fourth-order valence-electron chi connectivity index (χ4n) is 3.37. The summed E-state index contributed by atoms with van der Waals surface area (Å²) >= 11 is 7.49. The standard InChI is InChI=1S/C24H28ClN5O2S/c1-15(2)13-20(27-23(32)17-10-6-7-11-18(17)25)22-28-29-24(30(22)4)33-14-21(31)26-19-12-8-5-9-16(19)3/h5-12,15,20H,13-14H2,1-4H3,(H,26,31)(H,27,32)/t20-/m0/s1. The minimum absolute atomic E-state index is 0.121. The number of amides is 2. The van der Waals surface area contributed by atoms with E-state index in [0.717, 1.165) is 11.3 Å². The van der Waals surface area contributed by atoms with Gasteiger partial charge in [-0.05, 0) is 43.0 Å². The molecule has 0 radical (unpaired) electrons. The number of carbonyl (C=O) groups is 2. The SMILES string of the molecule is Cc1ccccc1NC(=O)CSc1nnc([C@H](CC(C)C)NC(=O)c2ccccc2Cl)n1C. The van der Waals surface area contributed by atoms with E-state index in [1.807, 2.05) is 42.8 Å². The number of rotatable bonds is 9. The Bertz CT molecular complexity index is 1130. The second-order valence-corrected chi connectivity index (χ2v) is 9.54. The van der Waals surface area contributed by atoms with E-state index in [0.29, 0.717) is 33.9 Å². The molecule has 9 heteroatoms. The van der Waals surface area contributed by atoms with Crippen molar-refractivity contribution in [2.24, 2.45) is 13.0 Å². The van der Waals surface area contributed by atoms with Crippen molar-refractivity contribution in [1.82, 2.24) is 20.1 Å². The van der Waals surface area contributed by atoms with Gasteiger partial charge in [0.1, 0.15) is 0 Å². The van der Waals surface area contributed by atoms with Gasteiger partial charge in [0.2, 0.25) is 5.91 Å². The van der Waals surface area contributed by atoms with Crippen LogP contribution in [0.4, 0.5) is 5.69 Å². The molecule has 7 nitrogen and oxygen atoms in total. The zero-order valence-corrected chi connectivity index (χ0v) is 20.7. The molecule has 33 heavy (non-hydrogen) atoms. The molecule has 0 saturated carbocycles. The first-order chi connectivity index (χ1) is 15.8. The quantitative estimate of drug-likeness (QED) is 0.415. The fourth-order valence-corrected chi connectivity index (χ4v) is 4.31. The summed E-state index contributed by atoms with van der Waals surface area (Å²) in [6.45, 7) is 6.11. The monoisotopic (exact) mass is 485 g/mol. The van der Waals surface area contributed by atoms with Crippen LogP contribution in [0.25, 0.3) is 0 Å². The summed E-state index contributed by atoms with van der Waals surface area (Å²) in [6.07, 6.45) is 0.681. The molecule has 1 aromatic heterocycles. The number of benzene rings is 2. The maximum absolute atomic E-state index is 12.9. The van der Waals surface area contributed by atoms with E-state index >= 15 is 0 Å². The third-order valence-corrected chi connectivity index (χ3v) is 6.41. The molecular weight excluding hydrogens is 458 g/mol. The summed E-state index contributed by atoms with van der Waals surface area (Å²) in [7, 11) is 1.84. The third-order valence-electron chi connectivity index (χ3n) is 5.06. The van der Waals surface area contributed by atoms with Crippen LogP contribution in [0.1, 0.15) is 48.1 Å². The highest BCUT2D eigenvalue weighted by Crippen LogP contribution is 2.25. The largest absolute Gasteiger partial charge is 0.342 e. The highest BCUT2D eigenvalue weighted by atomic mass is 35.5. The summed E-state index contributed by atoms with van der Waals surface area (Å²) in [5.41, 5.74) is 2.21. The number of halogens is 1. The maximum atomic E-state index is 12.9. The van der Waals surface area contributed by atoms with Gasteiger partial charge in [0.15, 0.2) is 11.0 Å². The van der Waals surface area contributed by atoms with E-state index in [-0.39, 0.29) is 23.6 Å².